The van der Waals surface area contributed by atoms with Gasteiger partial charge in [0.2, 0.25) is 0 Å². The van der Waals surface area contributed by atoms with Crippen LogP contribution in [0.25, 0.3) is 0 Å². The van der Waals surface area contributed by atoms with Crippen LogP contribution in [0.1, 0.15) is 67.9 Å². The molecule has 0 aliphatic rings. The molecule has 0 aromatic heterocycles. The van der Waals surface area contributed by atoms with E-state index < -0.39 is 0 Å². The van der Waals surface area contributed by atoms with Gasteiger partial charge in [-0.2, -0.15) is 0 Å². The van der Waals surface area contributed by atoms with Crippen LogP contribution >= 0.6 is 0 Å². The monoisotopic (exact) mass is 338 g/mol. The summed E-state index contributed by atoms with van der Waals surface area (Å²) in [5.41, 5.74) is 3.16. The third kappa shape index (κ3) is 6.38. The lowest BCUT2D eigenvalue weighted by Crippen LogP contribution is -2.08. The average molecular weight is 338 g/mol. The average Bonchev–Trinajstić information content (AvgIpc) is 2.64. The minimum absolute atomic E-state index is 0.296. The van der Waals surface area contributed by atoms with E-state index >= 15 is 0 Å². The van der Waals surface area contributed by atoms with Crippen molar-refractivity contribution in [1.82, 2.24) is 0 Å². The fourth-order valence-electron chi connectivity index (χ4n) is 2.79. The second-order valence-electron chi connectivity index (χ2n) is 6.91. The zero-order valence-corrected chi connectivity index (χ0v) is 15.8. The van der Waals surface area contributed by atoms with Crippen LogP contribution in [0.2, 0.25) is 0 Å². The highest BCUT2D eigenvalue weighted by Crippen LogP contribution is 2.18. The van der Waals surface area contributed by atoms with Crippen LogP contribution in [0.3, 0.4) is 0 Å². The molecule has 25 heavy (non-hydrogen) atoms. The number of rotatable bonds is 9. The van der Waals surface area contributed by atoms with Crippen molar-refractivity contribution in [2.75, 3.05) is 0 Å². The SMILES string of the molecule is CCCCCc1ccc(C(=O)Oc2ccc(C[C@@H](C)CC)cc2)cc1. The number of hydrogen-bond acceptors (Lipinski definition) is 2. The Labute approximate surface area is 152 Å². The lowest BCUT2D eigenvalue weighted by Gasteiger charge is -2.09. The van der Waals surface area contributed by atoms with Crippen molar-refractivity contribution in [2.24, 2.45) is 5.92 Å². The second-order valence-corrected chi connectivity index (χ2v) is 6.91. The summed E-state index contributed by atoms with van der Waals surface area (Å²) in [4.78, 5) is 12.3. The summed E-state index contributed by atoms with van der Waals surface area (Å²) < 4.78 is 5.49. The summed E-state index contributed by atoms with van der Waals surface area (Å²) in [5.74, 6) is 0.976. The topological polar surface area (TPSA) is 26.3 Å². The van der Waals surface area contributed by atoms with Crippen molar-refractivity contribution < 1.29 is 9.53 Å². The Kier molecular flexibility index (Phi) is 7.72. The maximum absolute atomic E-state index is 12.3. The molecule has 0 saturated carbocycles. The Bertz CT molecular complexity index is 641. The molecular formula is C23H30O2. The van der Waals surface area contributed by atoms with Gasteiger partial charge in [-0.1, -0.05) is 64.3 Å². The Morgan fingerprint density at radius 3 is 2.16 bits per heavy atom. The summed E-state index contributed by atoms with van der Waals surface area (Å²) in [6.45, 7) is 6.66. The Morgan fingerprint density at radius 1 is 0.920 bits per heavy atom. The molecule has 0 aliphatic carbocycles. The number of esters is 1. The fourth-order valence-corrected chi connectivity index (χ4v) is 2.79. The molecule has 0 spiro atoms. The minimum atomic E-state index is -0.296. The number of carbonyl (C=O) groups excluding carboxylic acids is 1. The highest BCUT2D eigenvalue weighted by atomic mass is 16.5. The first-order valence-electron chi connectivity index (χ1n) is 9.52. The molecule has 0 fully saturated rings. The summed E-state index contributed by atoms with van der Waals surface area (Å²) in [7, 11) is 0. The first-order valence-corrected chi connectivity index (χ1v) is 9.52. The van der Waals surface area contributed by atoms with Crippen LogP contribution in [-0.2, 0) is 12.8 Å². The van der Waals surface area contributed by atoms with E-state index in [2.05, 4.69) is 20.8 Å². The predicted molar refractivity (Wildman–Crippen MR) is 104 cm³/mol. The molecule has 0 aliphatic heterocycles. The molecule has 1 atom stereocenters. The molecule has 0 unspecified atom stereocenters. The molecule has 0 saturated heterocycles. The molecule has 2 aromatic carbocycles. The first-order chi connectivity index (χ1) is 12.1. The van der Waals surface area contributed by atoms with Crippen LogP contribution in [0.5, 0.6) is 5.75 Å². The fraction of sp³-hybridized carbons (Fsp3) is 0.435. The van der Waals surface area contributed by atoms with Crippen LogP contribution in [0.15, 0.2) is 48.5 Å². The first kappa shape index (κ1) is 19.2. The molecule has 2 rings (SSSR count). The Morgan fingerprint density at radius 2 is 1.56 bits per heavy atom. The number of aryl methyl sites for hydroxylation is 1. The van der Waals surface area contributed by atoms with Crippen molar-refractivity contribution in [3.8, 4) is 5.75 Å². The van der Waals surface area contributed by atoms with E-state index in [0.29, 0.717) is 17.2 Å². The van der Waals surface area contributed by atoms with Crippen molar-refractivity contribution in [2.45, 2.75) is 59.3 Å². The van der Waals surface area contributed by atoms with E-state index in [1.54, 1.807) is 0 Å². The zero-order chi connectivity index (χ0) is 18.1. The molecule has 2 heteroatoms. The second kappa shape index (κ2) is 10.0. The molecule has 0 amide bonds. The molecule has 134 valence electrons. The highest BCUT2D eigenvalue weighted by molar-refractivity contribution is 5.91. The van der Waals surface area contributed by atoms with Gasteiger partial charge in [0.25, 0.3) is 0 Å². The minimum Gasteiger partial charge on any atom is -0.423 e. The van der Waals surface area contributed by atoms with Gasteiger partial charge in [0.15, 0.2) is 0 Å². The van der Waals surface area contributed by atoms with Gasteiger partial charge in [0, 0.05) is 0 Å². The molecule has 0 N–H and O–H groups in total. The van der Waals surface area contributed by atoms with Crippen LogP contribution < -0.4 is 4.74 Å². The number of unbranched alkanes of at least 4 members (excludes halogenated alkanes) is 2. The lowest BCUT2D eigenvalue weighted by molar-refractivity contribution is 0.0734. The van der Waals surface area contributed by atoms with Gasteiger partial charge < -0.3 is 4.74 Å². The summed E-state index contributed by atoms with van der Waals surface area (Å²) >= 11 is 0. The molecule has 0 heterocycles. The number of hydrogen-bond donors (Lipinski definition) is 0. The van der Waals surface area contributed by atoms with Crippen molar-refractivity contribution in [3.05, 3.63) is 65.2 Å². The third-order valence-electron chi connectivity index (χ3n) is 4.67. The Hall–Kier alpha value is -2.09. The van der Waals surface area contributed by atoms with Gasteiger partial charge in [-0.3, -0.25) is 0 Å². The van der Waals surface area contributed by atoms with E-state index in [9.17, 15) is 4.79 Å². The van der Waals surface area contributed by atoms with Crippen LogP contribution in [0, 0.1) is 5.92 Å². The standard InChI is InChI=1S/C23H30O2/c1-4-6-7-8-19-9-13-21(14-10-19)23(24)25-22-15-11-20(12-16-22)17-18(3)5-2/h9-16,18H,4-8,17H2,1-3H3/t18-/m0/s1. The number of ether oxygens (including phenoxy) is 1. The largest absolute Gasteiger partial charge is 0.423 e. The van der Waals surface area contributed by atoms with Gasteiger partial charge in [0.1, 0.15) is 5.75 Å². The maximum Gasteiger partial charge on any atom is 0.343 e. The highest BCUT2D eigenvalue weighted by Gasteiger charge is 2.09. The third-order valence-corrected chi connectivity index (χ3v) is 4.67. The zero-order valence-electron chi connectivity index (χ0n) is 15.8. The van der Waals surface area contributed by atoms with E-state index in [4.69, 9.17) is 4.74 Å². The van der Waals surface area contributed by atoms with Crippen molar-refractivity contribution in [1.29, 1.82) is 0 Å². The molecule has 0 bridgehead atoms. The molecule has 0 radical (unpaired) electrons. The van der Waals surface area contributed by atoms with Crippen LogP contribution in [0.4, 0.5) is 0 Å². The van der Waals surface area contributed by atoms with Crippen molar-refractivity contribution >= 4 is 5.97 Å². The van der Waals surface area contributed by atoms with E-state index in [1.807, 2.05) is 48.5 Å². The molecule has 2 nitrogen and oxygen atoms in total. The summed E-state index contributed by atoms with van der Waals surface area (Å²) in [6.07, 6.45) is 6.97. The number of carbonyl (C=O) groups is 1. The quantitative estimate of drug-likeness (QED) is 0.308. The lowest BCUT2D eigenvalue weighted by atomic mass is 9.99. The van der Waals surface area contributed by atoms with Crippen molar-refractivity contribution in [3.63, 3.8) is 0 Å². The van der Waals surface area contributed by atoms with E-state index in [0.717, 1.165) is 12.8 Å². The van der Waals surface area contributed by atoms with Gasteiger partial charge in [-0.25, -0.2) is 4.79 Å². The molecule has 2 aromatic rings. The Balaban J connectivity index is 1.90. The maximum atomic E-state index is 12.3. The number of benzene rings is 2. The summed E-state index contributed by atoms with van der Waals surface area (Å²) in [6, 6.07) is 15.6. The van der Waals surface area contributed by atoms with Crippen LogP contribution in [-0.4, -0.2) is 5.97 Å². The normalized spacial score (nSPS) is 12.0. The molecular weight excluding hydrogens is 308 g/mol. The van der Waals surface area contributed by atoms with Gasteiger partial charge >= 0.3 is 5.97 Å². The smallest absolute Gasteiger partial charge is 0.343 e. The predicted octanol–water partition coefficient (Wildman–Crippen LogP) is 6.23. The van der Waals surface area contributed by atoms with E-state index in [-0.39, 0.29) is 5.97 Å². The van der Waals surface area contributed by atoms with Gasteiger partial charge in [-0.05, 0) is 60.6 Å². The van der Waals surface area contributed by atoms with Gasteiger partial charge in [0.05, 0.1) is 5.56 Å². The van der Waals surface area contributed by atoms with E-state index in [1.165, 1.54) is 36.8 Å². The summed E-state index contributed by atoms with van der Waals surface area (Å²) in [5, 5.41) is 0. The van der Waals surface area contributed by atoms with Gasteiger partial charge in [-0.15, -0.1) is 0 Å².